The maximum absolute atomic E-state index is 14.0. The summed E-state index contributed by atoms with van der Waals surface area (Å²) in [6.45, 7) is 6.88. The number of nitrogens with one attached hydrogen (secondary N) is 1. The van der Waals surface area contributed by atoms with Gasteiger partial charge in [-0.2, -0.15) is 0 Å². The highest BCUT2D eigenvalue weighted by molar-refractivity contribution is 6.06. The van der Waals surface area contributed by atoms with Crippen molar-refractivity contribution in [3.63, 3.8) is 0 Å². The highest BCUT2D eigenvalue weighted by atomic mass is 19.1. The normalized spacial score (nSPS) is 20.1. The zero-order chi connectivity index (χ0) is 23.7. The summed E-state index contributed by atoms with van der Waals surface area (Å²) in [4.78, 5) is 19.9. The number of carbonyl (C=O) groups is 1. The lowest BCUT2D eigenvalue weighted by atomic mass is 9.88. The van der Waals surface area contributed by atoms with Crippen molar-refractivity contribution in [2.45, 2.75) is 57.8 Å². The van der Waals surface area contributed by atoms with Crippen LogP contribution in [0.2, 0.25) is 0 Å². The topological polar surface area (TPSA) is 54.5 Å². The molecule has 2 aliphatic rings. The Labute approximate surface area is 200 Å². The van der Waals surface area contributed by atoms with Crippen molar-refractivity contribution < 1.29 is 13.9 Å². The Morgan fingerprint density at radius 2 is 1.94 bits per heavy atom. The highest BCUT2D eigenvalue weighted by Crippen LogP contribution is 2.39. The van der Waals surface area contributed by atoms with Crippen molar-refractivity contribution in [1.29, 1.82) is 0 Å². The summed E-state index contributed by atoms with van der Waals surface area (Å²) < 4.78 is 20.5. The minimum atomic E-state index is -0.136. The van der Waals surface area contributed by atoms with Gasteiger partial charge in [-0.25, -0.2) is 4.39 Å². The van der Waals surface area contributed by atoms with E-state index in [1.165, 1.54) is 6.07 Å². The molecule has 2 aromatic carbocycles. The highest BCUT2D eigenvalue weighted by Gasteiger charge is 2.42. The number of benzene rings is 2. The lowest BCUT2D eigenvalue weighted by molar-refractivity contribution is -0.0765. The Bertz CT molecular complexity index is 1200. The number of ether oxygens (including phenoxy) is 1. The molecule has 1 atom stereocenters. The number of nitrogens with zero attached hydrogens (tertiary/aromatic N) is 2. The third-order valence-corrected chi connectivity index (χ3v) is 7.28. The van der Waals surface area contributed by atoms with Crippen LogP contribution in [-0.4, -0.2) is 47.1 Å². The molecule has 1 spiro atoms. The largest absolute Gasteiger partial charge is 0.370 e. The van der Waals surface area contributed by atoms with Gasteiger partial charge in [0, 0.05) is 42.8 Å². The average molecular weight is 462 g/mol. The van der Waals surface area contributed by atoms with Crippen LogP contribution in [0.5, 0.6) is 0 Å². The molecule has 0 aliphatic carbocycles. The van der Waals surface area contributed by atoms with E-state index in [2.05, 4.69) is 15.2 Å². The first kappa shape index (κ1) is 22.9. The Morgan fingerprint density at radius 1 is 1.15 bits per heavy atom. The first-order valence-corrected chi connectivity index (χ1v) is 12.2. The van der Waals surface area contributed by atoms with Gasteiger partial charge in [0.2, 0.25) is 0 Å². The van der Waals surface area contributed by atoms with Gasteiger partial charge in [0.15, 0.2) is 0 Å². The summed E-state index contributed by atoms with van der Waals surface area (Å²) in [5.41, 5.74) is 4.09. The van der Waals surface area contributed by atoms with E-state index >= 15 is 0 Å². The Kier molecular flexibility index (Phi) is 6.36. The summed E-state index contributed by atoms with van der Waals surface area (Å²) in [6.07, 6.45) is 3.87. The van der Waals surface area contributed by atoms with E-state index in [0.29, 0.717) is 18.7 Å². The van der Waals surface area contributed by atoms with Crippen LogP contribution in [-0.2, 0) is 11.3 Å². The van der Waals surface area contributed by atoms with Crippen LogP contribution in [0.4, 0.5) is 4.39 Å². The quantitative estimate of drug-likeness (QED) is 0.585. The number of hydrogen-bond acceptors (Lipinski definition) is 4. The third kappa shape index (κ3) is 4.84. The van der Waals surface area contributed by atoms with Gasteiger partial charge in [-0.1, -0.05) is 29.8 Å². The number of carbonyl (C=O) groups excluding carboxylic acids is 1. The number of halogens is 1. The summed E-state index contributed by atoms with van der Waals surface area (Å²) in [7, 11) is 0. The lowest BCUT2D eigenvalue weighted by Crippen LogP contribution is -2.45. The summed E-state index contributed by atoms with van der Waals surface area (Å²) in [6, 6.07) is 14.9. The second kappa shape index (κ2) is 9.43. The molecule has 2 fully saturated rings. The number of fused-ring (bicyclic) bond motifs is 1. The predicted octanol–water partition coefficient (Wildman–Crippen LogP) is 4.93. The van der Waals surface area contributed by atoms with Crippen molar-refractivity contribution in [3.8, 4) is 0 Å². The van der Waals surface area contributed by atoms with Gasteiger partial charge in [-0.3, -0.25) is 14.7 Å². The van der Waals surface area contributed by atoms with Gasteiger partial charge in [-0.15, -0.1) is 0 Å². The number of aromatic nitrogens is 1. The van der Waals surface area contributed by atoms with Crippen LogP contribution in [0, 0.1) is 19.7 Å². The molecule has 3 aromatic rings. The van der Waals surface area contributed by atoms with E-state index in [9.17, 15) is 9.18 Å². The molecule has 0 radical (unpaired) electrons. The monoisotopic (exact) mass is 461 g/mol. The fourth-order valence-electron chi connectivity index (χ4n) is 5.35. The maximum Gasteiger partial charge on any atom is 0.252 e. The molecule has 5 nitrogen and oxygen atoms in total. The number of pyridine rings is 1. The maximum atomic E-state index is 14.0. The summed E-state index contributed by atoms with van der Waals surface area (Å²) in [5.74, 6) is -0.214. The van der Waals surface area contributed by atoms with Crippen LogP contribution in [0.1, 0.15) is 52.9 Å². The Morgan fingerprint density at radius 3 is 2.74 bits per heavy atom. The molecule has 1 N–H and O–H groups in total. The van der Waals surface area contributed by atoms with E-state index in [1.54, 1.807) is 6.07 Å². The van der Waals surface area contributed by atoms with E-state index in [1.807, 2.05) is 50.2 Å². The number of amides is 1. The second-order valence-corrected chi connectivity index (χ2v) is 9.87. The van der Waals surface area contributed by atoms with Crippen LogP contribution in [0.3, 0.4) is 0 Å². The number of likely N-dealkylation sites (tertiary alicyclic amines) is 1. The molecule has 2 aliphatic heterocycles. The van der Waals surface area contributed by atoms with Crippen LogP contribution >= 0.6 is 0 Å². The van der Waals surface area contributed by atoms with Crippen molar-refractivity contribution in [3.05, 3.63) is 76.7 Å². The second-order valence-electron chi connectivity index (χ2n) is 9.87. The lowest BCUT2D eigenvalue weighted by Gasteiger charge is -2.39. The fraction of sp³-hybridized carbons (Fsp3) is 0.429. The minimum absolute atomic E-state index is 0.0259. The molecule has 1 aromatic heterocycles. The number of aryl methyl sites for hydroxylation is 2. The molecule has 6 heteroatoms. The molecule has 0 saturated carbocycles. The standard InChI is InChI=1S/C28H32FN3O2/c1-19-7-8-26-23(15-19)24(16-20(2)31-26)27(33)30-17-22-9-10-28(34-22)11-13-32(14-12-28)18-21-5-3-4-6-25(21)29/h3-8,15-16,22H,9-14,17-18H2,1-2H3,(H,30,33)/t22-/m0/s1. The van der Waals surface area contributed by atoms with Crippen LogP contribution in [0.15, 0.2) is 48.5 Å². The van der Waals surface area contributed by atoms with E-state index < -0.39 is 0 Å². The first-order valence-electron chi connectivity index (χ1n) is 12.2. The van der Waals surface area contributed by atoms with Gasteiger partial charge in [0.05, 0.1) is 22.8 Å². The average Bonchev–Trinajstić information content (AvgIpc) is 3.23. The molecule has 178 valence electrons. The summed E-state index contributed by atoms with van der Waals surface area (Å²) >= 11 is 0. The van der Waals surface area contributed by atoms with Crippen molar-refractivity contribution in [2.75, 3.05) is 19.6 Å². The van der Waals surface area contributed by atoms with Crippen molar-refractivity contribution in [2.24, 2.45) is 0 Å². The molecule has 34 heavy (non-hydrogen) atoms. The van der Waals surface area contributed by atoms with Gasteiger partial charge in [-0.05, 0) is 63.8 Å². The van der Waals surface area contributed by atoms with Crippen LogP contribution < -0.4 is 5.32 Å². The van der Waals surface area contributed by atoms with Gasteiger partial charge >= 0.3 is 0 Å². The van der Waals surface area contributed by atoms with Gasteiger partial charge in [0.25, 0.3) is 5.91 Å². The third-order valence-electron chi connectivity index (χ3n) is 7.28. The molecule has 0 bridgehead atoms. The zero-order valence-corrected chi connectivity index (χ0v) is 19.9. The van der Waals surface area contributed by atoms with Crippen LogP contribution in [0.25, 0.3) is 10.9 Å². The van der Waals surface area contributed by atoms with Crippen molar-refractivity contribution in [1.82, 2.24) is 15.2 Å². The predicted molar refractivity (Wildman–Crippen MR) is 131 cm³/mol. The van der Waals surface area contributed by atoms with Gasteiger partial charge in [0.1, 0.15) is 5.82 Å². The number of hydrogen-bond donors (Lipinski definition) is 1. The van der Waals surface area contributed by atoms with Crippen molar-refractivity contribution >= 4 is 16.8 Å². The molecule has 5 rings (SSSR count). The smallest absolute Gasteiger partial charge is 0.252 e. The molecule has 2 saturated heterocycles. The molecule has 3 heterocycles. The first-order chi connectivity index (χ1) is 16.4. The molecule has 0 unspecified atom stereocenters. The van der Waals surface area contributed by atoms with E-state index in [-0.39, 0.29) is 23.4 Å². The Hall–Kier alpha value is -2.83. The SMILES string of the molecule is Cc1ccc2nc(C)cc(C(=O)NC[C@@H]3CCC4(CCN(Cc5ccccc5F)CC4)O3)c2c1. The van der Waals surface area contributed by atoms with E-state index in [0.717, 1.165) is 66.5 Å². The zero-order valence-electron chi connectivity index (χ0n) is 19.9. The molecule has 1 amide bonds. The van der Waals surface area contributed by atoms with E-state index in [4.69, 9.17) is 4.74 Å². The number of rotatable bonds is 5. The Balaban J connectivity index is 1.16. The molecular formula is C28H32FN3O2. The minimum Gasteiger partial charge on any atom is -0.370 e. The van der Waals surface area contributed by atoms with Gasteiger partial charge < -0.3 is 10.1 Å². The number of piperidine rings is 1. The summed E-state index contributed by atoms with van der Waals surface area (Å²) in [5, 5.41) is 3.99. The fourth-order valence-corrected chi connectivity index (χ4v) is 5.35. The molecular weight excluding hydrogens is 429 g/mol.